The van der Waals surface area contributed by atoms with E-state index in [4.69, 9.17) is 4.74 Å². The van der Waals surface area contributed by atoms with E-state index >= 15 is 0 Å². The number of carboxylic acid groups (broad SMARTS) is 1. The molecule has 182 valence electrons. The van der Waals surface area contributed by atoms with Gasteiger partial charge in [-0.25, -0.2) is 4.39 Å². The Bertz CT molecular complexity index is 1420. The summed E-state index contributed by atoms with van der Waals surface area (Å²) in [6.07, 6.45) is 0. The van der Waals surface area contributed by atoms with Gasteiger partial charge in [0.2, 0.25) is 0 Å². The molecule has 6 nitrogen and oxygen atoms in total. The second kappa shape index (κ2) is 10.9. The van der Waals surface area contributed by atoms with E-state index in [1.807, 2.05) is 0 Å². The van der Waals surface area contributed by atoms with Gasteiger partial charge in [-0.05, 0) is 80.4 Å². The smallest absolute Gasteiger partial charge is 0.323 e. The normalized spacial score (nSPS) is 10.6. The molecule has 0 aliphatic heterocycles. The van der Waals surface area contributed by atoms with E-state index in [1.54, 1.807) is 60.7 Å². The fourth-order valence-electron chi connectivity index (χ4n) is 3.54. The molecule has 0 heterocycles. The summed E-state index contributed by atoms with van der Waals surface area (Å²) in [6, 6.07) is 22.0. The summed E-state index contributed by atoms with van der Waals surface area (Å²) in [5.74, 6) is -1.58. The molecule has 0 aliphatic carbocycles. The molecule has 0 aromatic heterocycles. The van der Waals surface area contributed by atoms with Crippen molar-refractivity contribution in [3.63, 3.8) is 0 Å². The van der Waals surface area contributed by atoms with Crippen LogP contribution in [0.1, 0.15) is 10.4 Å². The molecule has 1 amide bonds. The molecular formula is C27H18Br2FNO5. The molecule has 4 aromatic rings. The van der Waals surface area contributed by atoms with Crippen molar-refractivity contribution in [3.8, 4) is 28.4 Å². The molecule has 0 radical (unpaired) electrons. The largest absolute Gasteiger partial charge is 0.507 e. The van der Waals surface area contributed by atoms with Crippen LogP contribution in [-0.2, 0) is 4.79 Å². The number of amides is 1. The van der Waals surface area contributed by atoms with Gasteiger partial charge in [-0.3, -0.25) is 14.5 Å². The van der Waals surface area contributed by atoms with Crippen molar-refractivity contribution in [3.05, 3.63) is 105 Å². The maximum absolute atomic E-state index is 14.3. The van der Waals surface area contributed by atoms with Crippen molar-refractivity contribution in [1.82, 2.24) is 0 Å². The third kappa shape index (κ3) is 5.58. The SMILES string of the molecule is O=C(O)CN(C(=O)c1ccccc1)c1cc(Br)c(Oc2ccc(O)c(-c3ccccc3F)c2)c(Br)c1. The lowest BCUT2D eigenvalue weighted by molar-refractivity contribution is -0.135. The van der Waals surface area contributed by atoms with E-state index < -0.39 is 24.2 Å². The monoisotopic (exact) mass is 613 g/mol. The van der Waals surface area contributed by atoms with Crippen LogP contribution in [0.2, 0.25) is 0 Å². The van der Waals surface area contributed by atoms with Crippen LogP contribution < -0.4 is 9.64 Å². The molecule has 0 bridgehead atoms. The van der Waals surface area contributed by atoms with Gasteiger partial charge in [0, 0.05) is 22.4 Å². The number of nitrogens with zero attached hydrogens (tertiary/aromatic N) is 1. The summed E-state index contributed by atoms with van der Waals surface area (Å²) in [4.78, 5) is 25.7. The van der Waals surface area contributed by atoms with Crippen LogP contribution in [0.3, 0.4) is 0 Å². The molecule has 0 atom stereocenters. The number of carboxylic acids is 1. The van der Waals surface area contributed by atoms with Crippen molar-refractivity contribution in [2.75, 3.05) is 11.4 Å². The first-order valence-electron chi connectivity index (χ1n) is 10.6. The molecule has 0 saturated carbocycles. The molecule has 0 unspecified atom stereocenters. The van der Waals surface area contributed by atoms with E-state index in [-0.39, 0.29) is 16.9 Å². The van der Waals surface area contributed by atoms with E-state index in [0.29, 0.717) is 31.7 Å². The lowest BCUT2D eigenvalue weighted by Crippen LogP contribution is -2.35. The van der Waals surface area contributed by atoms with Gasteiger partial charge in [0.25, 0.3) is 5.91 Å². The van der Waals surface area contributed by atoms with Crippen LogP contribution >= 0.6 is 31.9 Å². The summed E-state index contributed by atoms with van der Waals surface area (Å²) in [5.41, 5.74) is 1.15. The fraction of sp³-hybridized carbons (Fsp3) is 0.0370. The number of hydrogen-bond acceptors (Lipinski definition) is 4. The molecule has 0 spiro atoms. The number of aliphatic carboxylic acids is 1. The van der Waals surface area contributed by atoms with E-state index in [1.165, 1.54) is 24.3 Å². The Morgan fingerprint density at radius 1 is 0.861 bits per heavy atom. The predicted molar refractivity (Wildman–Crippen MR) is 141 cm³/mol. The van der Waals surface area contributed by atoms with E-state index in [0.717, 1.165) is 4.90 Å². The van der Waals surface area contributed by atoms with Gasteiger partial charge in [-0.2, -0.15) is 0 Å². The van der Waals surface area contributed by atoms with Gasteiger partial charge in [0.1, 0.15) is 23.9 Å². The summed E-state index contributed by atoms with van der Waals surface area (Å²) in [5, 5.41) is 19.7. The van der Waals surface area contributed by atoms with Gasteiger partial charge in [-0.1, -0.05) is 36.4 Å². The molecular weight excluding hydrogens is 597 g/mol. The first-order chi connectivity index (χ1) is 17.2. The Hall–Kier alpha value is -3.69. The Morgan fingerprint density at radius 2 is 1.50 bits per heavy atom. The van der Waals surface area contributed by atoms with Crippen LogP contribution in [0, 0.1) is 5.82 Å². The Kier molecular flexibility index (Phi) is 7.71. The number of carbonyl (C=O) groups is 2. The summed E-state index contributed by atoms with van der Waals surface area (Å²) < 4.78 is 21.2. The highest BCUT2D eigenvalue weighted by Crippen LogP contribution is 2.42. The van der Waals surface area contributed by atoms with Crippen LogP contribution in [0.25, 0.3) is 11.1 Å². The lowest BCUT2D eigenvalue weighted by Gasteiger charge is -2.23. The number of phenolic OH excluding ortho intramolecular Hbond substituents is 1. The molecule has 4 aromatic carbocycles. The highest BCUT2D eigenvalue weighted by Gasteiger charge is 2.23. The highest BCUT2D eigenvalue weighted by molar-refractivity contribution is 9.11. The molecule has 4 rings (SSSR count). The van der Waals surface area contributed by atoms with Gasteiger partial charge < -0.3 is 14.9 Å². The Morgan fingerprint density at radius 3 is 2.14 bits per heavy atom. The number of ether oxygens (including phenoxy) is 1. The van der Waals surface area contributed by atoms with E-state index in [9.17, 15) is 24.2 Å². The minimum absolute atomic E-state index is 0.107. The summed E-state index contributed by atoms with van der Waals surface area (Å²) >= 11 is 6.87. The topological polar surface area (TPSA) is 87.1 Å². The first-order valence-corrected chi connectivity index (χ1v) is 12.2. The van der Waals surface area contributed by atoms with Crippen LogP contribution in [0.5, 0.6) is 17.2 Å². The van der Waals surface area contributed by atoms with Crippen LogP contribution in [0.15, 0.2) is 93.9 Å². The number of halogens is 3. The van der Waals surface area contributed by atoms with Crippen molar-refractivity contribution in [2.45, 2.75) is 0 Å². The number of hydrogen-bond donors (Lipinski definition) is 2. The highest BCUT2D eigenvalue weighted by atomic mass is 79.9. The number of rotatable bonds is 7. The molecule has 9 heteroatoms. The fourth-order valence-corrected chi connectivity index (χ4v) is 4.87. The number of carbonyl (C=O) groups excluding carboxylic acids is 1. The zero-order valence-corrected chi connectivity index (χ0v) is 21.7. The minimum Gasteiger partial charge on any atom is -0.507 e. The molecule has 0 aliphatic rings. The average Bonchev–Trinajstić information content (AvgIpc) is 2.86. The van der Waals surface area contributed by atoms with Gasteiger partial charge in [0.15, 0.2) is 5.75 Å². The Balaban J connectivity index is 1.68. The average molecular weight is 615 g/mol. The van der Waals surface area contributed by atoms with Crippen molar-refractivity contribution in [1.29, 1.82) is 0 Å². The molecule has 2 N–H and O–H groups in total. The predicted octanol–water partition coefficient (Wildman–Crippen LogP) is 7.25. The minimum atomic E-state index is -1.17. The van der Waals surface area contributed by atoms with Gasteiger partial charge >= 0.3 is 5.97 Å². The number of aromatic hydroxyl groups is 1. The maximum Gasteiger partial charge on any atom is 0.323 e. The number of phenols is 1. The lowest BCUT2D eigenvalue weighted by atomic mass is 10.0. The van der Waals surface area contributed by atoms with Crippen LogP contribution in [-0.4, -0.2) is 28.6 Å². The zero-order valence-electron chi connectivity index (χ0n) is 18.5. The zero-order chi connectivity index (χ0) is 25.8. The summed E-state index contributed by atoms with van der Waals surface area (Å²) in [7, 11) is 0. The first kappa shape index (κ1) is 25.4. The maximum atomic E-state index is 14.3. The summed E-state index contributed by atoms with van der Waals surface area (Å²) in [6.45, 7) is -0.545. The third-order valence-corrected chi connectivity index (χ3v) is 6.38. The second-order valence-electron chi connectivity index (χ2n) is 7.65. The number of benzene rings is 4. The standard InChI is InChI=1S/C27H18Br2FNO5/c28-21-12-17(31(15-25(33)34)27(35)16-6-2-1-3-7-16)13-22(29)26(21)36-18-10-11-24(32)20(14-18)19-8-4-5-9-23(19)30/h1-14,32H,15H2,(H,33,34). The molecule has 0 fully saturated rings. The van der Waals surface area contributed by atoms with Crippen molar-refractivity contribution >= 4 is 49.4 Å². The molecule has 36 heavy (non-hydrogen) atoms. The van der Waals surface area contributed by atoms with Gasteiger partial charge in [0.05, 0.1) is 8.95 Å². The third-order valence-electron chi connectivity index (χ3n) is 5.21. The number of anilines is 1. The van der Waals surface area contributed by atoms with E-state index in [2.05, 4.69) is 31.9 Å². The van der Waals surface area contributed by atoms with Crippen molar-refractivity contribution < 1.29 is 28.9 Å². The quantitative estimate of drug-likeness (QED) is 0.229. The molecule has 0 saturated heterocycles. The van der Waals surface area contributed by atoms with Crippen LogP contribution in [0.4, 0.5) is 10.1 Å². The Labute approximate surface area is 222 Å². The van der Waals surface area contributed by atoms with Gasteiger partial charge in [-0.15, -0.1) is 0 Å². The van der Waals surface area contributed by atoms with Crippen molar-refractivity contribution in [2.24, 2.45) is 0 Å². The second-order valence-corrected chi connectivity index (χ2v) is 9.36.